The van der Waals surface area contributed by atoms with E-state index >= 15 is 0 Å². The van der Waals surface area contributed by atoms with E-state index < -0.39 is 0 Å². The first-order valence-electron chi connectivity index (χ1n) is 9.57. The highest BCUT2D eigenvalue weighted by Gasteiger charge is 2.32. The maximum Gasteiger partial charge on any atom is 0.230 e. The first kappa shape index (κ1) is 21.8. The van der Waals surface area contributed by atoms with E-state index in [9.17, 15) is 10.1 Å². The fourth-order valence-corrected chi connectivity index (χ4v) is 5.31. The molecule has 7 heteroatoms. The lowest BCUT2D eigenvalue weighted by Gasteiger charge is -2.33. The zero-order chi connectivity index (χ0) is 21.2. The molecule has 0 bridgehead atoms. The topological polar surface area (TPSA) is 64.9 Å². The van der Waals surface area contributed by atoms with Gasteiger partial charge in [-0.3, -0.25) is 4.79 Å². The maximum atomic E-state index is 12.3. The van der Waals surface area contributed by atoms with Gasteiger partial charge < -0.3 is 10.6 Å². The Morgan fingerprint density at radius 3 is 2.66 bits per heavy atom. The van der Waals surface area contributed by atoms with Gasteiger partial charge in [0, 0.05) is 9.90 Å². The summed E-state index contributed by atoms with van der Waals surface area (Å²) in [5.74, 6) is 0.386. The summed E-state index contributed by atoms with van der Waals surface area (Å²) in [7, 11) is 0. The van der Waals surface area contributed by atoms with Crippen molar-refractivity contribution in [1.82, 2.24) is 5.32 Å². The maximum absolute atomic E-state index is 12.3. The van der Waals surface area contributed by atoms with Gasteiger partial charge in [0.2, 0.25) is 5.91 Å². The second kappa shape index (κ2) is 8.83. The summed E-state index contributed by atoms with van der Waals surface area (Å²) >= 11 is 12.8. The second-order valence-electron chi connectivity index (χ2n) is 8.43. The summed E-state index contributed by atoms with van der Waals surface area (Å²) in [6.07, 6.45) is 3.19. The number of carbonyl (C=O) groups excluding carboxylic acids is 1. The Morgan fingerprint density at radius 2 is 2.03 bits per heavy atom. The lowest BCUT2D eigenvalue weighted by Crippen LogP contribution is -2.35. The standard InChI is InChI=1S/C22H24ClN3OS2/c1-22(2,3)14-6-9-16-17(12-24)20(29-18(16)11-14)26-21(28)25-19(27)10-13-4-7-15(23)8-5-13/h4-5,7-8,14H,6,9-11H2,1-3H3,(H2,25,26,27,28)/t14-/m1/s1. The molecule has 0 aliphatic heterocycles. The molecule has 1 aromatic heterocycles. The van der Waals surface area contributed by atoms with E-state index in [0.29, 0.717) is 16.5 Å². The van der Waals surface area contributed by atoms with Crippen LogP contribution in [0.5, 0.6) is 0 Å². The average Bonchev–Trinajstić information content (AvgIpc) is 2.98. The van der Waals surface area contributed by atoms with Gasteiger partial charge in [-0.2, -0.15) is 5.26 Å². The highest BCUT2D eigenvalue weighted by atomic mass is 35.5. The molecule has 152 valence electrons. The predicted molar refractivity (Wildman–Crippen MR) is 124 cm³/mol. The Hall–Kier alpha value is -1.94. The van der Waals surface area contributed by atoms with Gasteiger partial charge in [-0.05, 0) is 66.1 Å². The number of benzene rings is 1. The average molecular weight is 446 g/mol. The van der Waals surface area contributed by atoms with Crippen molar-refractivity contribution in [2.75, 3.05) is 5.32 Å². The molecule has 29 heavy (non-hydrogen) atoms. The number of carbonyl (C=O) groups is 1. The molecule has 0 unspecified atom stereocenters. The largest absolute Gasteiger partial charge is 0.323 e. The zero-order valence-corrected chi connectivity index (χ0v) is 19.2. The van der Waals surface area contributed by atoms with Gasteiger partial charge in [-0.15, -0.1) is 11.3 Å². The molecule has 0 spiro atoms. The third-order valence-electron chi connectivity index (χ3n) is 5.36. The number of thiocarbonyl (C=S) groups is 1. The summed E-state index contributed by atoms with van der Waals surface area (Å²) in [5, 5.41) is 17.0. The van der Waals surface area contributed by atoms with E-state index in [2.05, 4.69) is 37.5 Å². The monoisotopic (exact) mass is 445 g/mol. The van der Waals surface area contributed by atoms with Gasteiger partial charge >= 0.3 is 0 Å². The van der Waals surface area contributed by atoms with Crippen molar-refractivity contribution in [3.05, 3.63) is 50.9 Å². The number of amides is 1. The Morgan fingerprint density at radius 1 is 1.34 bits per heavy atom. The molecule has 0 radical (unpaired) electrons. The minimum atomic E-state index is -0.211. The number of rotatable bonds is 3. The summed E-state index contributed by atoms with van der Waals surface area (Å²) < 4.78 is 0. The predicted octanol–water partition coefficient (Wildman–Crippen LogP) is 5.48. The molecule has 1 aromatic carbocycles. The number of halogens is 1. The number of hydrogen-bond acceptors (Lipinski definition) is 4. The van der Waals surface area contributed by atoms with Crippen molar-refractivity contribution >= 4 is 51.2 Å². The van der Waals surface area contributed by atoms with Crippen molar-refractivity contribution < 1.29 is 4.79 Å². The summed E-state index contributed by atoms with van der Waals surface area (Å²) in [4.78, 5) is 13.5. The minimum Gasteiger partial charge on any atom is -0.323 e. The van der Waals surface area contributed by atoms with Gasteiger partial charge in [-0.25, -0.2) is 0 Å². The van der Waals surface area contributed by atoms with Crippen molar-refractivity contribution in [2.24, 2.45) is 11.3 Å². The highest BCUT2D eigenvalue weighted by Crippen LogP contribution is 2.43. The van der Waals surface area contributed by atoms with Crippen LogP contribution in [0.3, 0.4) is 0 Å². The Labute approximate surface area is 186 Å². The van der Waals surface area contributed by atoms with E-state index in [0.717, 1.165) is 35.4 Å². The van der Waals surface area contributed by atoms with Crippen LogP contribution >= 0.6 is 35.2 Å². The van der Waals surface area contributed by atoms with Crippen LogP contribution in [0.25, 0.3) is 0 Å². The normalized spacial score (nSPS) is 15.9. The molecular weight excluding hydrogens is 422 g/mol. The summed E-state index contributed by atoms with van der Waals surface area (Å²) in [6, 6.07) is 9.45. The van der Waals surface area contributed by atoms with Crippen LogP contribution in [0.2, 0.25) is 5.02 Å². The molecule has 2 aromatic rings. The van der Waals surface area contributed by atoms with Gasteiger partial charge in [-0.1, -0.05) is 44.5 Å². The molecular formula is C22H24ClN3OS2. The van der Waals surface area contributed by atoms with Gasteiger partial charge in [0.15, 0.2) is 5.11 Å². The molecule has 4 nitrogen and oxygen atoms in total. The molecule has 3 rings (SSSR count). The molecule has 2 N–H and O–H groups in total. The number of anilines is 1. The quantitative estimate of drug-likeness (QED) is 0.614. The third-order valence-corrected chi connectivity index (χ3v) is 6.99. The Balaban J connectivity index is 1.66. The van der Waals surface area contributed by atoms with Crippen molar-refractivity contribution in [1.29, 1.82) is 5.26 Å². The van der Waals surface area contributed by atoms with E-state index in [1.807, 2.05) is 12.1 Å². The lowest BCUT2D eigenvalue weighted by molar-refractivity contribution is -0.119. The fourth-order valence-electron chi connectivity index (χ4n) is 3.62. The van der Waals surface area contributed by atoms with Crippen LogP contribution in [0.15, 0.2) is 24.3 Å². The van der Waals surface area contributed by atoms with Gasteiger partial charge in [0.05, 0.1) is 12.0 Å². The van der Waals surface area contributed by atoms with E-state index in [4.69, 9.17) is 23.8 Å². The number of nitrogens with zero attached hydrogens (tertiary/aromatic N) is 1. The molecule has 1 amide bonds. The van der Waals surface area contributed by atoms with Crippen molar-refractivity contribution in [2.45, 2.75) is 46.5 Å². The van der Waals surface area contributed by atoms with E-state index in [1.165, 1.54) is 4.88 Å². The molecule has 1 aliphatic rings. The minimum absolute atomic E-state index is 0.207. The van der Waals surface area contributed by atoms with Gasteiger partial charge in [0.25, 0.3) is 0 Å². The molecule has 0 fully saturated rings. The highest BCUT2D eigenvalue weighted by molar-refractivity contribution is 7.80. The summed E-state index contributed by atoms with van der Waals surface area (Å²) in [5.41, 5.74) is 2.89. The van der Waals surface area contributed by atoms with Crippen LogP contribution in [0.1, 0.15) is 48.8 Å². The number of nitriles is 1. The summed E-state index contributed by atoms with van der Waals surface area (Å²) in [6.45, 7) is 6.81. The Kier molecular flexibility index (Phi) is 6.62. The lowest BCUT2D eigenvalue weighted by atomic mass is 9.72. The SMILES string of the molecule is CC(C)(C)[C@@H]1CCc2c(sc(NC(=S)NC(=O)Cc3ccc(Cl)cc3)c2C#N)C1. The van der Waals surface area contributed by atoms with Gasteiger partial charge in [0.1, 0.15) is 11.1 Å². The van der Waals surface area contributed by atoms with E-state index in [1.54, 1.807) is 23.5 Å². The third kappa shape index (κ3) is 5.36. The smallest absolute Gasteiger partial charge is 0.230 e. The fraction of sp³-hybridized carbons (Fsp3) is 0.409. The van der Waals surface area contributed by atoms with Crippen molar-refractivity contribution in [3.63, 3.8) is 0 Å². The molecule has 0 saturated heterocycles. The van der Waals surface area contributed by atoms with Crippen molar-refractivity contribution in [3.8, 4) is 6.07 Å². The van der Waals surface area contributed by atoms with Crippen LogP contribution in [0.4, 0.5) is 5.00 Å². The first-order chi connectivity index (χ1) is 13.7. The first-order valence-corrected chi connectivity index (χ1v) is 11.2. The molecule has 0 saturated carbocycles. The number of nitrogens with one attached hydrogen (secondary N) is 2. The number of fused-ring (bicyclic) bond motifs is 1. The molecule has 1 atom stereocenters. The van der Waals surface area contributed by atoms with Crippen LogP contribution in [-0.4, -0.2) is 11.0 Å². The number of thiophene rings is 1. The number of hydrogen-bond donors (Lipinski definition) is 2. The van der Waals surface area contributed by atoms with Crippen LogP contribution in [0, 0.1) is 22.7 Å². The van der Waals surface area contributed by atoms with Crippen LogP contribution < -0.4 is 10.6 Å². The Bertz CT molecular complexity index is 968. The zero-order valence-electron chi connectivity index (χ0n) is 16.8. The second-order valence-corrected chi connectivity index (χ2v) is 10.4. The van der Waals surface area contributed by atoms with E-state index in [-0.39, 0.29) is 22.9 Å². The molecule has 1 aliphatic carbocycles. The van der Waals surface area contributed by atoms with Crippen LogP contribution in [-0.2, 0) is 24.1 Å². The molecule has 1 heterocycles.